The van der Waals surface area contributed by atoms with Crippen molar-refractivity contribution in [1.29, 1.82) is 0 Å². The number of benzene rings is 3. The summed E-state index contributed by atoms with van der Waals surface area (Å²) in [5.41, 5.74) is 1.58. The third-order valence-electron chi connectivity index (χ3n) is 4.71. The Bertz CT molecular complexity index is 918. The number of methoxy groups -OCH3 is 1. The van der Waals surface area contributed by atoms with E-state index in [1.807, 2.05) is 54.6 Å². The number of anilines is 1. The van der Waals surface area contributed by atoms with Crippen LogP contribution in [0.2, 0.25) is 0 Å². The van der Waals surface area contributed by atoms with E-state index in [0.29, 0.717) is 0 Å². The molecule has 3 aromatic carbocycles. The molecule has 0 aliphatic carbocycles. The highest BCUT2D eigenvalue weighted by Crippen LogP contribution is 2.46. The summed E-state index contributed by atoms with van der Waals surface area (Å²) in [6.45, 7) is 0. The van der Waals surface area contributed by atoms with Crippen molar-refractivity contribution in [2.75, 3.05) is 19.1 Å². The number of ether oxygens (including phenoxy) is 1. The van der Waals surface area contributed by atoms with Crippen molar-refractivity contribution < 1.29 is 9.53 Å². The van der Waals surface area contributed by atoms with E-state index in [9.17, 15) is 4.79 Å². The molecule has 1 aliphatic rings. The number of hydrogen-bond donors (Lipinski definition) is 0. The van der Waals surface area contributed by atoms with E-state index < -0.39 is 5.60 Å². The van der Waals surface area contributed by atoms with Crippen LogP contribution in [0.15, 0.2) is 66.7 Å². The van der Waals surface area contributed by atoms with Crippen molar-refractivity contribution in [2.45, 2.75) is 5.60 Å². The van der Waals surface area contributed by atoms with Crippen LogP contribution in [-0.2, 0) is 15.1 Å². The quantitative estimate of drug-likeness (QED) is 0.722. The average molecular weight is 303 g/mol. The van der Waals surface area contributed by atoms with Gasteiger partial charge < -0.3 is 9.64 Å². The molecule has 0 saturated heterocycles. The van der Waals surface area contributed by atoms with Crippen LogP contribution in [0.4, 0.5) is 5.69 Å². The van der Waals surface area contributed by atoms with Crippen LogP contribution in [-0.4, -0.2) is 20.1 Å². The molecule has 0 saturated carbocycles. The number of amides is 1. The van der Waals surface area contributed by atoms with Gasteiger partial charge in [-0.3, -0.25) is 4.79 Å². The van der Waals surface area contributed by atoms with Crippen LogP contribution in [0.1, 0.15) is 11.1 Å². The smallest absolute Gasteiger partial charge is 0.268 e. The minimum atomic E-state index is -1.07. The molecule has 0 unspecified atom stereocenters. The SMILES string of the molecule is CO[C@]1(c2ccc3ccccc3c2)C(=O)N(C)c2ccccc21. The molecule has 0 bridgehead atoms. The molecule has 1 amide bonds. The molecular weight excluding hydrogens is 286 g/mol. The molecule has 0 radical (unpaired) electrons. The summed E-state index contributed by atoms with van der Waals surface area (Å²) >= 11 is 0. The standard InChI is InChI=1S/C20H17NO2/c1-21-18-10-6-5-9-17(18)20(23-2,19(21)22)16-12-11-14-7-3-4-8-15(14)13-16/h3-13H,1-2H3/t20-/m0/s1. The Labute approximate surface area is 135 Å². The van der Waals surface area contributed by atoms with E-state index in [-0.39, 0.29) is 5.91 Å². The maximum Gasteiger partial charge on any atom is 0.268 e. The van der Waals surface area contributed by atoms with Crippen molar-refractivity contribution in [3.05, 3.63) is 77.9 Å². The average Bonchev–Trinajstić information content (AvgIpc) is 2.83. The molecule has 23 heavy (non-hydrogen) atoms. The maximum atomic E-state index is 13.1. The minimum Gasteiger partial charge on any atom is -0.359 e. The number of carbonyl (C=O) groups excluding carboxylic acids is 1. The Balaban J connectivity index is 2.01. The highest BCUT2D eigenvalue weighted by Gasteiger charge is 2.51. The summed E-state index contributed by atoms with van der Waals surface area (Å²) in [6, 6.07) is 22.0. The Morgan fingerprint density at radius 2 is 1.61 bits per heavy atom. The normalized spacial score (nSPS) is 20.1. The Kier molecular flexibility index (Phi) is 3.00. The van der Waals surface area contributed by atoms with Gasteiger partial charge in [-0.05, 0) is 28.5 Å². The maximum absolute atomic E-state index is 13.1. The van der Waals surface area contributed by atoms with Crippen molar-refractivity contribution in [1.82, 2.24) is 0 Å². The second kappa shape index (κ2) is 4.93. The third kappa shape index (κ3) is 1.77. The van der Waals surface area contributed by atoms with E-state index in [2.05, 4.69) is 12.1 Å². The van der Waals surface area contributed by atoms with Gasteiger partial charge in [0.05, 0.1) is 5.69 Å². The summed E-state index contributed by atoms with van der Waals surface area (Å²) in [4.78, 5) is 14.7. The van der Waals surface area contributed by atoms with E-state index in [1.54, 1.807) is 19.1 Å². The molecule has 114 valence electrons. The minimum absolute atomic E-state index is 0.0588. The number of carbonyl (C=O) groups is 1. The molecule has 3 aromatic rings. The number of para-hydroxylation sites is 1. The largest absolute Gasteiger partial charge is 0.359 e. The number of rotatable bonds is 2. The number of hydrogen-bond acceptors (Lipinski definition) is 2. The van der Waals surface area contributed by atoms with Gasteiger partial charge >= 0.3 is 0 Å². The summed E-state index contributed by atoms with van der Waals surface area (Å²) < 4.78 is 5.85. The monoisotopic (exact) mass is 303 g/mol. The molecule has 3 heteroatoms. The Morgan fingerprint density at radius 1 is 0.913 bits per heavy atom. The summed E-state index contributed by atoms with van der Waals surface area (Å²) in [5.74, 6) is -0.0588. The molecule has 4 rings (SSSR count). The zero-order chi connectivity index (χ0) is 16.0. The lowest BCUT2D eigenvalue weighted by Gasteiger charge is -2.27. The number of likely N-dealkylation sites (N-methyl/N-ethyl adjacent to an activating group) is 1. The fourth-order valence-electron chi connectivity index (χ4n) is 3.53. The van der Waals surface area contributed by atoms with E-state index in [4.69, 9.17) is 4.74 Å². The summed E-state index contributed by atoms with van der Waals surface area (Å²) in [6.07, 6.45) is 0. The first-order valence-electron chi connectivity index (χ1n) is 7.60. The van der Waals surface area contributed by atoms with E-state index in [0.717, 1.165) is 27.6 Å². The first kappa shape index (κ1) is 14.0. The predicted molar refractivity (Wildman–Crippen MR) is 91.6 cm³/mol. The molecular formula is C20H17NO2. The molecule has 1 atom stereocenters. The molecule has 0 spiro atoms. The third-order valence-corrected chi connectivity index (χ3v) is 4.71. The summed E-state index contributed by atoms with van der Waals surface area (Å²) in [5, 5.41) is 2.25. The van der Waals surface area contributed by atoms with Gasteiger partial charge in [-0.15, -0.1) is 0 Å². The van der Waals surface area contributed by atoms with Crippen molar-refractivity contribution in [3.8, 4) is 0 Å². The molecule has 0 aromatic heterocycles. The second-order valence-electron chi connectivity index (χ2n) is 5.83. The molecule has 0 fully saturated rings. The first-order chi connectivity index (χ1) is 11.2. The fourth-order valence-corrected chi connectivity index (χ4v) is 3.53. The van der Waals surface area contributed by atoms with Crippen LogP contribution in [0.5, 0.6) is 0 Å². The van der Waals surface area contributed by atoms with Gasteiger partial charge in [0.15, 0.2) is 5.60 Å². The molecule has 1 aliphatic heterocycles. The van der Waals surface area contributed by atoms with E-state index >= 15 is 0 Å². The van der Waals surface area contributed by atoms with Gasteiger partial charge in [0, 0.05) is 19.7 Å². The number of fused-ring (bicyclic) bond motifs is 2. The molecule has 0 N–H and O–H groups in total. The zero-order valence-electron chi connectivity index (χ0n) is 13.1. The van der Waals surface area contributed by atoms with Crippen molar-refractivity contribution in [2.24, 2.45) is 0 Å². The lowest BCUT2D eigenvalue weighted by atomic mass is 9.86. The van der Waals surface area contributed by atoms with Gasteiger partial charge in [0.25, 0.3) is 5.91 Å². The molecule has 3 nitrogen and oxygen atoms in total. The lowest BCUT2D eigenvalue weighted by Crippen LogP contribution is -2.41. The van der Waals surface area contributed by atoms with Crippen molar-refractivity contribution >= 4 is 22.4 Å². The van der Waals surface area contributed by atoms with Crippen LogP contribution in [0.25, 0.3) is 10.8 Å². The Hall–Kier alpha value is -2.65. The fraction of sp³-hybridized carbons (Fsp3) is 0.150. The topological polar surface area (TPSA) is 29.5 Å². The predicted octanol–water partition coefficient (Wildman–Crippen LogP) is 3.71. The van der Waals surface area contributed by atoms with Crippen LogP contribution >= 0.6 is 0 Å². The van der Waals surface area contributed by atoms with Gasteiger partial charge in [0.2, 0.25) is 0 Å². The van der Waals surface area contributed by atoms with Crippen LogP contribution in [0, 0.1) is 0 Å². The number of nitrogens with zero attached hydrogens (tertiary/aromatic N) is 1. The lowest BCUT2D eigenvalue weighted by molar-refractivity contribution is -0.134. The van der Waals surface area contributed by atoms with Gasteiger partial charge in [0.1, 0.15) is 0 Å². The van der Waals surface area contributed by atoms with Gasteiger partial charge in [-0.25, -0.2) is 0 Å². The highest BCUT2D eigenvalue weighted by atomic mass is 16.5. The summed E-state index contributed by atoms with van der Waals surface area (Å²) in [7, 11) is 3.39. The Morgan fingerprint density at radius 3 is 2.39 bits per heavy atom. The van der Waals surface area contributed by atoms with Crippen molar-refractivity contribution in [3.63, 3.8) is 0 Å². The van der Waals surface area contributed by atoms with Gasteiger partial charge in [-0.2, -0.15) is 0 Å². The van der Waals surface area contributed by atoms with Crippen LogP contribution in [0.3, 0.4) is 0 Å². The first-order valence-corrected chi connectivity index (χ1v) is 7.60. The zero-order valence-corrected chi connectivity index (χ0v) is 13.1. The highest BCUT2D eigenvalue weighted by molar-refractivity contribution is 6.09. The van der Waals surface area contributed by atoms with Gasteiger partial charge in [-0.1, -0.05) is 54.6 Å². The second-order valence-corrected chi connectivity index (χ2v) is 5.83. The van der Waals surface area contributed by atoms with Crippen LogP contribution < -0.4 is 4.90 Å². The van der Waals surface area contributed by atoms with E-state index in [1.165, 1.54) is 0 Å². The molecule has 1 heterocycles.